The van der Waals surface area contributed by atoms with Crippen molar-refractivity contribution < 1.29 is 0 Å². The highest BCUT2D eigenvalue weighted by Crippen LogP contribution is 2.26. The normalized spacial score (nSPS) is 30.0. The van der Waals surface area contributed by atoms with E-state index in [2.05, 4.69) is 44.8 Å². The molecule has 0 radical (unpaired) electrons. The molecule has 0 saturated carbocycles. The number of hydrogen-bond donors (Lipinski definition) is 1. The molecular weight excluding hydrogens is 220 g/mol. The number of nitrogens with zero attached hydrogens (tertiary/aromatic N) is 1. The molecule has 1 heterocycles. The molecule has 1 aliphatic rings. The number of hydrogen-bond acceptors (Lipinski definition) is 2. The van der Waals surface area contributed by atoms with E-state index in [0.717, 1.165) is 30.3 Å². The molecule has 18 heavy (non-hydrogen) atoms. The summed E-state index contributed by atoms with van der Waals surface area (Å²) in [6.07, 6.45) is 4.07. The van der Waals surface area contributed by atoms with Crippen molar-refractivity contribution in [2.24, 2.45) is 17.8 Å². The van der Waals surface area contributed by atoms with Crippen LogP contribution in [0.5, 0.6) is 0 Å². The van der Waals surface area contributed by atoms with Gasteiger partial charge in [-0.2, -0.15) is 0 Å². The summed E-state index contributed by atoms with van der Waals surface area (Å²) < 4.78 is 0. The summed E-state index contributed by atoms with van der Waals surface area (Å²) in [6, 6.07) is 0.782. The first-order valence-electron chi connectivity index (χ1n) is 7.95. The van der Waals surface area contributed by atoms with Crippen molar-refractivity contribution in [3.8, 4) is 0 Å². The van der Waals surface area contributed by atoms with Crippen LogP contribution in [-0.4, -0.2) is 37.1 Å². The fraction of sp³-hybridized carbons (Fsp3) is 1.00. The van der Waals surface area contributed by atoms with E-state index in [1.165, 1.54) is 38.9 Å². The summed E-state index contributed by atoms with van der Waals surface area (Å²) in [6.45, 7) is 16.7. The van der Waals surface area contributed by atoms with Crippen molar-refractivity contribution in [3.63, 3.8) is 0 Å². The molecule has 1 fully saturated rings. The SMILES string of the molecule is CC(C)CNCCCCN1CC(C)CC(C)C1C. The molecule has 2 nitrogen and oxygen atoms in total. The lowest BCUT2D eigenvalue weighted by Crippen LogP contribution is -2.46. The van der Waals surface area contributed by atoms with Gasteiger partial charge in [-0.25, -0.2) is 0 Å². The molecule has 0 spiro atoms. The Morgan fingerprint density at radius 1 is 1.17 bits per heavy atom. The van der Waals surface area contributed by atoms with Gasteiger partial charge in [-0.3, -0.25) is 0 Å². The largest absolute Gasteiger partial charge is 0.316 e. The standard InChI is InChI=1S/C16H34N2/c1-13(2)11-17-8-6-7-9-18-12-14(3)10-15(4)16(18)5/h13-17H,6-12H2,1-5H3. The first-order chi connectivity index (χ1) is 8.50. The maximum Gasteiger partial charge on any atom is 0.00927 e. The Morgan fingerprint density at radius 3 is 2.56 bits per heavy atom. The lowest BCUT2D eigenvalue weighted by Gasteiger charge is -2.41. The van der Waals surface area contributed by atoms with Crippen molar-refractivity contribution >= 4 is 0 Å². The van der Waals surface area contributed by atoms with Gasteiger partial charge in [0.05, 0.1) is 0 Å². The third-order valence-electron chi connectivity index (χ3n) is 4.32. The van der Waals surface area contributed by atoms with Crippen molar-refractivity contribution in [1.29, 1.82) is 0 Å². The van der Waals surface area contributed by atoms with Gasteiger partial charge in [-0.1, -0.05) is 27.7 Å². The van der Waals surface area contributed by atoms with Gasteiger partial charge in [0.25, 0.3) is 0 Å². The van der Waals surface area contributed by atoms with Crippen molar-refractivity contribution in [2.45, 2.75) is 59.9 Å². The topological polar surface area (TPSA) is 15.3 Å². The molecule has 0 aromatic rings. The summed E-state index contributed by atoms with van der Waals surface area (Å²) >= 11 is 0. The van der Waals surface area contributed by atoms with E-state index < -0.39 is 0 Å². The third kappa shape index (κ3) is 5.71. The van der Waals surface area contributed by atoms with Crippen molar-refractivity contribution in [2.75, 3.05) is 26.2 Å². The van der Waals surface area contributed by atoms with E-state index in [1.807, 2.05) is 0 Å². The maximum absolute atomic E-state index is 3.53. The molecule has 1 aliphatic heterocycles. The lowest BCUT2D eigenvalue weighted by atomic mass is 9.86. The molecule has 0 aromatic heterocycles. The maximum atomic E-state index is 3.53. The monoisotopic (exact) mass is 254 g/mol. The van der Waals surface area contributed by atoms with E-state index >= 15 is 0 Å². The molecule has 108 valence electrons. The van der Waals surface area contributed by atoms with Gasteiger partial charge in [0.2, 0.25) is 0 Å². The van der Waals surface area contributed by atoms with Gasteiger partial charge in [0.1, 0.15) is 0 Å². The molecule has 3 atom stereocenters. The van der Waals surface area contributed by atoms with Gasteiger partial charge >= 0.3 is 0 Å². The molecule has 1 rings (SSSR count). The fourth-order valence-electron chi connectivity index (χ4n) is 3.08. The fourth-order valence-corrected chi connectivity index (χ4v) is 3.08. The zero-order chi connectivity index (χ0) is 13.5. The number of rotatable bonds is 7. The Morgan fingerprint density at radius 2 is 1.89 bits per heavy atom. The van der Waals surface area contributed by atoms with Crippen LogP contribution in [0, 0.1) is 17.8 Å². The van der Waals surface area contributed by atoms with E-state index in [-0.39, 0.29) is 0 Å². The number of likely N-dealkylation sites (tertiary alicyclic amines) is 1. The van der Waals surface area contributed by atoms with Gasteiger partial charge < -0.3 is 10.2 Å². The minimum Gasteiger partial charge on any atom is -0.316 e. The zero-order valence-corrected chi connectivity index (χ0v) is 13.2. The van der Waals surface area contributed by atoms with Crippen molar-refractivity contribution in [3.05, 3.63) is 0 Å². The average molecular weight is 254 g/mol. The Bertz CT molecular complexity index is 215. The van der Waals surface area contributed by atoms with E-state index in [1.54, 1.807) is 0 Å². The summed E-state index contributed by atoms with van der Waals surface area (Å²) in [5.74, 6) is 2.52. The Hall–Kier alpha value is -0.0800. The molecule has 3 unspecified atom stereocenters. The highest BCUT2D eigenvalue weighted by molar-refractivity contribution is 4.81. The molecular formula is C16H34N2. The first kappa shape index (κ1) is 16.0. The van der Waals surface area contributed by atoms with Crippen LogP contribution in [0.2, 0.25) is 0 Å². The van der Waals surface area contributed by atoms with Crippen LogP contribution in [-0.2, 0) is 0 Å². The lowest BCUT2D eigenvalue weighted by molar-refractivity contribution is 0.0782. The molecule has 1 N–H and O–H groups in total. The second-order valence-electron chi connectivity index (χ2n) is 6.86. The summed E-state index contributed by atoms with van der Waals surface area (Å²) in [5, 5.41) is 3.53. The highest BCUT2D eigenvalue weighted by Gasteiger charge is 2.27. The number of nitrogens with one attached hydrogen (secondary N) is 1. The van der Waals surface area contributed by atoms with Crippen molar-refractivity contribution in [1.82, 2.24) is 10.2 Å². The minimum absolute atomic E-state index is 0.772. The Labute approximate surface area is 115 Å². The zero-order valence-electron chi connectivity index (χ0n) is 13.2. The van der Waals surface area contributed by atoms with E-state index in [4.69, 9.17) is 0 Å². The molecule has 0 amide bonds. The first-order valence-corrected chi connectivity index (χ1v) is 7.95. The van der Waals surface area contributed by atoms with E-state index in [0.29, 0.717) is 0 Å². The molecule has 1 saturated heterocycles. The van der Waals surface area contributed by atoms with Crippen LogP contribution in [0.1, 0.15) is 53.9 Å². The minimum atomic E-state index is 0.772. The van der Waals surface area contributed by atoms with Crippen LogP contribution in [0.3, 0.4) is 0 Å². The summed E-state index contributed by atoms with van der Waals surface area (Å²) in [7, 11) is 0. The molecule has 0 aromatic carbocycles. The smallest absolute Gasteiger partial charge is 0.00927 e. The van der Waals surface area contributed by atoms with Gasteiger partial charge in [-0.15, -0.1) is 0 Å². The summed E-state index contributed by atoms with van der Waals surface area (Å²) in [5.41, 5.74) is 0. The van der Waals surface area contributed by atoms with Gasteiger partial charge in [0, 0.05) is 12.6 Å². The average Bonchev–Trinajstić information content (AvgIpc) is 2.29. The molecule has 0 aliphatic carbocycles. The highest BCUT2D eigenvalue weighted by atomic mass is 15.2. The predicted molar refractivity (Wildman–Crippen MR) is 80.9 cm³/mol. The molecule has 2 heteroatoms. The second kappa shape index (κ2) is 8.16. The second-order valence-corrected chi connectivity index (χ2v) is 6.86. The van der Waals surface area contributed by atoms with Crippen LogP contribution in [0.4, 0.5) is 0 Å². The molecule has 0 bridgehead atoms. The van der Waals surface area contributed by atoms with Gasteiger partial charge in [-0.05, 0) is 63.6 Å². The van der Waals surface area contributed by atoms with Crippen LogP contribution < -0.4 is 5.32 Å². The van der Waals surface area contributed by atoms with Crippen LogP contribution in [0.25, 0.3) is 0 Å². The third-order valence-corrected chi connectivity index (χ3v) is 4.32. The van der Waals surface area contributed by atoms with Crippen LogP contribution >= 0.6 is 0 Å². The van der Waals surface area contributed by atoms with Gasteiger partial charge in [0.15, 0.2) is 0 Å². The quantitative estimate of drug-likeness (QED) is 0.701. The predicted octanol–water partition coefficient (Wildman–Crippen LogP) is 3.38. The number of piperidine rings is 1. The van der Waals surface area contributed by atoms with E-state index in [9.17, 15) is 0 Å². The summed E-state index contributed by atoms with van der Waals surface area (Å²) in [4.78, 5) is 2.71. The Balaban J connectivity index is 2.10. The number of unbranched alkanes of at least 4 members (excludes halogenated alkanes) is 1. The van der Waals surface area contributed by atoms with Crippen LogP contribution in [0.15, 0.2) is 0 Å². The Kier molecular flexibility index (Phi) is 7.25.